The van der Waals surface area contributed by atoms with E-state index < -0.39 is 0 Å². The van der Waals surface area contributed by atoms with Crippen LogP contribution in [-0.2, 0) is 19.5 Å². The van der Waals surface area contributed by atoms with Crippen LogP contribution in [0.2, 0.25) is 0 Å². The third kappa shape index (κ3) is 2.98. The second-order valence-electron chi connectivity index (χ2n) is 7.83. The SMILES string of the molecule is CC(C)c1ccc(CC(C)c2ccc3cnoc3c2)c2c1CN(C)C2. The molecule has 1 unspecified atom stereocenters. The van der Waals surface area contributed by atoms with Crippen molar-refractivity contribution in [3.05, 3.63) is 64.3 Å². The second kappa shape index (κ2) is 6.30. The molecule has 0 amide bonds. The molecule has 130 valence electrons. The third-order valence-corrected chi connectivity index (χ3v) is 5.52. The van der Waals surface area contributed by atoms with Gasteiger partial charge >= 0.3 is 0 Å². The summed E-state index contributed by atoms with van der Waals surface area (Å²) >= 11 is 0. The van der Waals surface area contributed by atoms with Gasteiger partial charge in [0.05, 0.1) is 6.20 Å². The van der Waals surface area contributed by atoms with E-state index in [0.717, 1.165) is 30.5 Å². The molecule has 3 aromatic rings. The summed E-state index contributed by atoms with van der Waals surface area (Å²) in [5.74, 6) is 1.04. The zero-order valence-electron chi connectivity index (χ0n) is 15.5. The van der Waals surface area contributed by atoms with Crippen LogP contribution in [0, 0.1) is 0 Å². The molecule has 1 atom stereocenters. The molecule has 0 N–H and O–H groups in total. The van der Waals surface area contributed by atoms with Gasteiger partial charge in [-0.2, -0.15) is 0 Å². The molecule has 0 saturated carbocycles. The van der Waals surface area contributed by atoms with Crippen LogP contribution >= 0.6 is 0 Å². The highest BCUT2D eigenvalue weighted by Crippen LogP contribution is 2.34. The van der Waals surface area contributed by atoms with Crippen molar-refractivity contribution in [2.45, 2.75) is 52.1 Å². The highest BCUT2D eigenvalue weighted by Gasteiger charge is 2.24. The highest BCUT2D eigenvalue weighted by molar-refractivity contribution is 5.76. The molecule has 2 heterocycles. The number of fused-ring (bicyclic) bond motifs is 2. The Balaban J connectivity index is 1.65. The summed E-state index contributed by atoms with van der Waals surface area (Å²) in [7, 11) is 2.22. The number of hydrogen-bond acceptors (Lipinski definition) is 3. The summed E-state index contributed by atoms with van der Waals surface area (Å²) in [5.41, 5.74) is 8.32. The number of benzene rings is 2. The maximum atomic E-state index is 5.33. The molecular formula is C22H26N2O. The summed E-state index contributed by atoms with van der Waals surface area (Å²) < 4.78 is 5.33. The van der Waals surface area contributed by atoms with E-state index in [0.29, 0.717) is 11.8 Å². The molecule has 4 rings (SSSR count). The van der Waals surface area contributed by atoms with Gasteiger partial charge < -0.3 is 4.52 Å². The topological polar surface area (TPSA) is 29.3 Å². The lowest BCUT2D eigenvalue weighted by atomic mass is 9.86. The molecule has 0 aliphatic carbocycles. The van der Waals surface area contributed by atoms with Gasteiger partial charge in [0.25, 0.3) is 0 Å². The maximum absolute atomic E-state index is 5.33. The van der Waals surface area contributed by atoms with Gasteiger partial charge in [-0.15, -0.1) is 0 Å². The quantitative estimate of drug-likeness (QED) is 0.653. The fourth-order valence-corrected chi connectivity index (χ4v) is 4.10. The Morgan fingerprint density at radius 1 is 1.08 bits per heavy atom. The van der Waals surface area contributed by atoms with Gasteiger partial charge in [-0.3, -0.25) is 4.90 Å². The number of rotatable bonds is 4. The number of hydrogen-bond donors (Lipinski definition) is 0. The summed E-state index contributed by atoms with van der Waals surface area (Å²) in [6.45, 7) is 9.04. The molecule has 3 nitrogen and oxygen atoms in total. The van der Waals surface area contributed by atoms with Crippen LogP contribution in [0.3, 0.4) is 0 Å². The van der Waals surface area contributed by atoms with Crippen molar-refractivity contribution in [1.29, 1.82) is 0 Å². The van der Waals surface area contributed by atoms with Crippen LogP contribution in [0.4, 0.5) is 0 Å². The Kier molecular flexibility index (Phi) is 4.12. The van der Waals surface area contributed by atoms with E-state index in [1.807, 2.05) is 0 Å². The van der Waals surface area contributed by atoms with Crippen molar-refractivity contribution in [3.8, 4) is 0 Å². The molecule has 0 radical (unpaired) electrons. The van der Waals surface area contributed by atoms with E-state index in [1.165, 1.54) is 16.7 Å². The van der Waals surface area contributed by atoms with Crippen LogP contribution in [0.1, 0.15) is 60.4 Å². The largest absolute Gasteiger partial charge is 0.356 e. The Bertz CT molecular complexity index is 910. The van der Waals surface area contributed by atoms with Crippen LogP contribution < -0.4 is 0 Å². The van der Waals surface area contributed by atoms with Crippen LogP contribution in [0.5, 0.6) is 0 Å². The number of nitrogens with zero attached hydrogens (tertiary/aromatic N) is 2. The van der Waals surface area contributed by atoms with Gasteiger partial charge in [-0.25, -0.2) is 0 Å². The first kappa shape index (κ1) is 16.3. The van der Waals surface area contributed by atoms with Gasteiger partial charge in [0, 0.05) is 18.5 Å². The Labute approximate surface area is 149 Å². The molecule has 25 heavy (non-hydrogen) atoms. The summed E-state index contributed by atoms with van der Waals surface area (Å²) in [6.07, 6.45) is 2.84. The minimum absolute atomic E-state index is 0.453. The molecule has 3 heteroatoms. The molecule has 0 spiro atoms. The summed E-state index contributed by atoms with van der Waals surface area (Å²) in [5, 5.41) is 4.96. The smallest absolute Gasteiger partial charge is 0.167 e. The lowest BCUT2D eigenvalue weighted by molar-refractivity contribution is 0.352. The van der Waals surface area contributed by atoms with Crippen molar-refractivity contribution >= 4 is 11.0 Å². The third-order valence-electron chi connectivity index (χ3n) is 5.52. The summed E-state index contributed by atoms with van der Waals surface area (Å²) in [4.78, 5) is 2.42. The van der Waals surface area contributed by atoms with E-state index in [9.17, 15) is 0 Å². The van der Waals surface area contributed by atoms with Crippen molar-refractivity contribution < 1.29 is 4.52 Å². The van der Waals surface area contributed by atoms with Crippen LogP contribution in [0.15, 0.2) is 41.1 Å². The van der Waals surface area contributed by atoms with Crippen LogP contribution in [-0.4, -0.2) is 17.1 Å². The van der Waals surface area contributed by atoms with Gasteiger partial charge in [-0.05, 0) is 65.3 Å². The van der Waals surface area contributed by atoms with Crippen molar-refractivity contribution in [2.24, 2.45) is 0 Å². The molecule has 1 aromatic heterocycles. The lowest BCUT2D eigenvalue weighted by Gasteiger charge is -2.18. The molecular weight excluding hydrogens is 308 g/mol. The second-order valence-corrected chi connectivity index (χ2v) is 7.83. The van der Waals surface area contributed by atoms with E-state index in [1.54, 1.807) is 17.3 Å². The van der Waals surface area contributed by atoms with Gasteiger partial charge in [0.2, 0.25) is 0 Å². The Morgan fingerprint density at radius 2 is 1.88 bits per heavy atom. The molecule has 0 bridgehead atoms. The van der Waals surface area contributed by atoms with E-state index >= 15 is 0 Å². The average molecular weight is 334 g/mol. The fourth-order valence-electron chi connectivity index (χ4n) is 4.10. The molecule has 1 aliphatic heterocycles. The summed E-state index contributed by atoms with van der Waals surface area (Å²) in [6, 6.07) is 11.2. The predicted molar refractivity (Wildman–Crippen MR) is 102 cm³/mol. The normalized spacial score (nSPS) is 15.9. The highest BCUT2D eigenvalue weighted by atomic mass is 16.5. The Morgan fingerprint density at radius 3 is 2.68 bits per heavy atom. The van der Waals surface area contributed by atoms with E-state index in [2.05, 4.69) is 68.2 Å². The van der Waals surface area contributed by atoms with Crippen molar-refractivity contribution in [1.82, 2.24) is 10.1 Å². The van der Waals surface area contributed by atoms with Crippen molar-refractivity contribution in [3.63, 3.8) is 0 Å². The first-order chi connectivity index (χ1) is 12.0. The Hall–Kier alpha value is -2.13. The fraction of sp³-hybridized carbons (Fsp3) is 0.409. The van der Waals surface area contributed by atoms with Gasteiger partial charge in [-0.1, -0.05) is 44.1 Å². The predicted octanol–water partition coefficient (Wildman–Crippen LogP) is 5.24. The molecule has 1 aliphatic rings. The minimum Gasteiger partial charge on any atom is -0.356 e. The first-order valence-corrected chi connectivity index (χ1v) is 9.19. The molecule has 0 saturated heterocycles. The maximum Gasteiger partial charge on any atom is 0.167 e. The number of aromatic nitrogens is 1. The lowest BCUT2D eigenvalue weighted by Crippen LogP contribution is -2.08. The minimum atomic E-state index is 0.453. The van der Waals surface area contributed by atoms with Gasteiger partial charge in [0.1, 0.15) is 0 Å². The molecule has 0 fully saturated rings. The average Bonchev–Trinajstić information content (AvgIpc) is 3.19. The van der Waals surface area contributed by atoms with E-state index in [4.69, 9.17) is 4.52 Å². The standard InChI is InChI=1S/C22H26N2O/c1-14(2)19-8-7-17(20-12-24(4)13-21(19)20)9-15(3)16-5-6-18-11-23-25-22(18)10-16/h5-8,10-11,14-15H,9,12-13H2,1-4H3. The monoisotopic (exact) mass is 334 g/mol. The zero-order valence-corrected chi connectivity index (χ0v) is 15.5. The van der Waals surface area contributed by atoms with Gasteiger partial charge in [0.15, 0.2) is 5.58 Å². The molecule has 2 aromatic carbocycles. The van der Waals surface area contributed by atoms with Crippen molar-refractivity contribution in [2.75, 3.05) is 7.05 Å². The van der Waals surface area contributed by atoms with E-state index in [-0.39, 0.29) is 0 Å². The van der Waals surface area contributed by atoms with Crippen LogP contribution in [0.25, 0.3) is 11.0 Å². The zero-order chi connectivity index (χ0) is 17.6. The first-order valence-electron chi connectivity index (χ1n) is 9.19.